The summed E-state index contributed by atoms with van der Waals surface area (Å²) in [5, 5.41) is 0. The molecule has 0 heterocycles. The topological polar surface area (TPSA) is 0 Å². The molecule has 0 radical (unpaired) electrons. The van der Waals surface area contributed by atoms with E-state index in [0.29, 0.717) is 6.07 Å². The van der Waals surface area contributed by atoms with E-state index in [-0.39, 0.29) is 19.6 Å². The van der Waals surface area contributed by atoms with Gasteiger partial charge in [0, 0.05) is 10.7 Å². The molecular formula is C7H7ClF6S. The van der Waals surface area contributed by atoms with Crippen molar-refractivity contribution in [3.8, 4) is 0 Å². The Hall–Kier alpha value is -0.560. The summed E-state index contributed by atoms with van der Waals surface area (Å²) in [6.45, 7) is 0. The van der Waals surface area contributed by atoms with Crippen molar-refractivity contribution >= 4 is 19.7 Å². The molecule has 1 aromatic carbocycles. The van der Waals surface area contributed by atoms with Gasteiger partial charge in [0.25, 0.3) is 9.05 Å². The van der Waals surface area contributed by atoms with E-state index in [9.17, 15) is 24.3 Å². The molecule has 15 heavy (non-hydrogen) atoms. The van der Waals surface area contributed by atoms with Gasteiger partial charge in [0.2, 0.25) is 0 Å². The maximum Gasteiger partial charge on any atom is 0.259 e. The zero-order valence-electron chi connectivity index (χ0n) is 6.29. The van der Waals surface area contributed by atoms with Crippen LogP contribution in [0.5, 0.6) is 0 Å². The van der Waals surface area contributed by atoms with Gasteiger partial charge in [0.15, 0.2) is 4.90 Å². The lowest BCUT2D eigenvalue weighted by Crippen LogP contribution is -2.09. The molecule has 0 amide bonds. The molecule has 0 aliphatic rings. The quantitative estimate of drug-likeness (QED) is 0.590. The standard InChI is InChI=1S/C6H3ClF6S.CH4/c7-14(10,11,12,13)6-4(8)2-1-3-5(6)9;/h1-3H;1H4. The second kappa shape index (κ2) is 2.98. The van der Waals surface area contributed by atoms with E-state index in [0.717, 1.165) is 0 Å². The molecule has 0 bridgehead atoms. The van der Waals surface area contributed by atoms with Gasteiger partial charge in [-0.25, -0.2) is 8.78 Å². The number of hydrogen-bond acceptors (Lipinski definition) is 0. The number of halogens is 7. The Morgan fingerprint density at radius 3 is 1.47 bits per heavy atom. The number of benzene rings is 1. The van der Waals surface area contributed by atoms with Gasteiger partial charge in [-0.05, 0) is 12.1 Å². The predicted octanol–water partition coefficient (Wildman–Crippen LogP) is 5.53. The van der Waals surface area contributed by atoms with Gasteiger partial charge in [-0.1, -0.05) is 13.5 Å². The van der Waals surface area contributed by atoms with Crippen LogP contribution in [0.3, 0.4) is 0 Å². The van der Waals surface area contributed by atoms with Crippen molar-refractivity contribution in [2.45, 2.75) is 12.3 Å². The lowest BCUT2D eigenvalue weighted by molar-refractivity contribution is 0.440. The molecule has 0 saturated carbocycles. The second-order valence-corrected chi connectivity index (χ2v) is 6.73. The van der Waals surface area contributed by atoms with E-state index in [1.165, 1.54) is 0 Å². The van der Waals surface area contributed by atoms with E-state index < -0.39 is 25.6 Å². The highest BCUT2D eigenvalue weighted by atomic mass is 35.7. The molecule has 0 N–H and O–H groups in total. The summed E-state index contributed by atoms with van der Waals surface area (Å²) in [5.74, 6) is -4.15. The molecule has 0 spiro atoms. The highest BCUT2D eigenvalue weighted by molar-refractivity contribution is 8.65. The van der Waals surface area contributed by atoms with E-state index in [2.05, 4.69) is 10.7 Å². The van der Waals surface area contributed by atoms with Gasteiger partial charge in [-0.15, -0.1) is 15.5 Å². The van der Waals surface area contributed by atoms with Crippen molar-refractivity contribution in [3.63, 3.8) is 0 Å². The average Bonchev–Trinajstić information content (AvgIpc) is 1.78. The SMILES string of the molecule is C.Fc1cccc(F)c1S(F)(F)(F)(F)Cl. The summed E-state index contributed by atoms with van der Waals surface area (Å²) in [4.78, 5) is -2.66. The minimum atomic E-state index is -9.30. The van der Waals surface area contributed by atoms with Gasteiger partial charge in [-0.3, -0.25) is 0 Å². The molecule has 0 aromatic heterocycles. The minimum Gasteiger partial charge on any atom is -0.205 e. The first-order valence-corrected chi connectivity index (χ1v) is 5.97. The molecule has 1 aromatic rings. The minimum absolute atomic E-state index is 0. The van der Waals surface area contributed by atoms with Gasteiger partial charge >= 0.3 is 0 Å². The first-order valence-electron chi connectivity index (χ1n) is 3.10. The van der Waals surface area contributed by atoms with Crippen LogP contribution < -0.4 is 0 Å². The Balaban J connectivity index is 0.00000196. The molecule has 0 unspecified atom stereocenters. The van der Waals surface area contributed by atoms with Crippen molar-refractivity contribution in [2.24, 2.45) is 0 Å². The van der Waals surface area contributed by atoms with Gasteiger partial charge in [0.1, 0.15) is 11.6 Å². The van der Waals surface area contributed by atoms with Gasteiger partial charge < -0.3 is 0 Å². The molecule has 0 fully saturated rings. The average molecular weight is 273 g/mol. The van der Waals surface area contributed by atoms with Crippen LogP contribution in [-0.4, -0.2) is 0 Å². The first-order chi connectivity index (χ1) is 5.91. The molecule has 0 nitrogen and oxygen atoms in total. The fourth-order valence-corrected chi connectivity index (χ4v) is 2.17. The Morgan fingerprint density at radius 1 is 0.933 bits per heavy atom. The van der Waals surface area contributed by atoms with Crippen LogP contribution in [0, 0.1) is 11.6 Å². The Kier molecular flexibility index (Phi) is 2.86. The Bertz CT molecular complexity index is 363. The van der Waals surface area contributed by atoms with E-state index in [1.54, 1.807) is 0 Å². The lowest BCUT2D eigenvalue weighted by atomic mass is 10.3. The van der Waals surface area contributed by atoms with Crippen LogP contribution in [0.2, 0.25) is 0 Å². The zero-order valence-corrected chi connectivity index (χ0v) is 7.86. The predicted molar refractivity (Wildman–Crippen MR) is 49.2 cm³/mol. The molecule has 90 valence electrons. The maximum absolute atomic E-state index is 12.6. The second-order valence-electron chi connectivity index (χ2n) is 2.52. The largest absolute Gasteiger partial charge is 0.259 e. The third-order valence-electron chi connectivity index (χ3n) is 1.30. The highest BCUT2D eigenvalue weighted by Gasteiger charge is 2.66. The summed E-state index contributed by atoms with van der Waals surface area (Å²) < 4.78 is 74.8. The van der Waals surface area contributed by atoms with Crippen LogP contribution in [0.15, 0.2) is 23.1 Å². The summed E-state index contributed by atoms with van der Waals surface area (Å²) in [6.07, 6.45) is 0. The highest BCUT2D eigenvalue weighted by Crippen LogP contribution is 3.04. The molecule has 8 heteroatoms. The van der Waals surface area contributed by atoms with Crippen LogP contribution in [0.25, 0.3) is 0 Å². The van der Waals surface area contributed by atoms with Crippen LogP contribution in [0.1, 0.15) is 7.43 Å². The molecule has 0 saturated heterocycles. The third kappa shape index (κ3) is 3.20. The summed E-state index contributed by atoms with van der Waals surface area (Å²) in [5.41, 5.74) is 0. The fraction of sp³-hybridized carbons (Fsp3) is 0.143. The zero-order chi connectivity index (χ0) is 11.3. The van der Waals surface area contributed by atoms with Crippen molar-refractivity contribution in [3.05, 3.63) is 29.8 Å². The summed E-state index contributed by atoms with van der Waals surface area (Å²) >= 11 is 0. The van der Waals surface area contributed by atoms with E-state index in [4.69, 9.17) is 0 Å². The molecule has 1 rings (SSSR count). The third-order valence-corrected chi connectivity index (χ3v) is 2.93. The molecule has 0 aliphatic heterocycles. The van der Waals surface area contributed by atoms with Crippen LogP contribution in [0.4, 0.5) is 24.3 Å². The van der Waals surface area contributed by atoms with Crippen molar-refractivity contribution in [1.82, 2.24) is 0 Å². The number of hydrogen-bond donors (Lipinski definition) is 0. The van der Waals surface area contributed by atoms with Gasteiger partial charge in [0.05, 0.1) is 0 Å². The van der Waals surface area contributed by atoms with Crippen LogP contribution >= 0.6 is 19.7 Å². The summed E-state index contributed by atoms with van der Waals surface area (Å²) in [7, 11) is -5.55. The van der Waals surface area contributed by atoms with E-state index >= 15 is 0 Å². The fourth-order valence-electron chi connectivity index (χ4n) is 0.851. The molecule has 0 aliphatic carbocycles. The normalized spacial score (nSPS) is 16.2. The van der Waals surface area contributed by atoms with Crippen molar-refractivity contribution < 1.29 is 24.3 Å². The van der Waals surface area contributed by atoms with Gasteiger partial charge in [-0.2, -0.15) is 0 Å². The smallest absolute Gasteiger partial charge is 0.205 e. The Labute approximate surface area is 86.8 Å². The first kappa shape index (κ1) is 14.4. The maximum atomic E-state index is 12.6. The number of rotatable bonds is 1. The molecule has 0 atom stereocenters. The van der Waals surface area contributed by atoms with Crippen molar-refractivity contribution in [1.29, 1.82) is 0 Å². The van der Waals surface area contributed by atoms with Crippen LogP contribution in [-0.2, 0) is 0 Å². The monoisotopic (exact) mass is 272 g/mol. The molecular weight excluding hydrogens is 266 g/mol. The van der Waals surface area contributed by atoms with Crippen molar-refractivity contribution in [2.75, 3.05) is 0 Å². The van der Waals surface area contributed by atoms with E-state index in [1.807, 2.05) is 0 Å². The summed E-state index contributed by atoms with van der Waals surface area (Å²) in [6, 6.07) is 1.23. The Morgan fingerprint density at radius 2 is 1.27 bits per heavy atom. The lowest BCUT2D eigenvalue weighted by Gasteiger charge is -2.42.